The van der Waals surface area contributed by atoms with E-state index in [9.17, 15) is 13.2 Å². The van der Waals surface area contributed by atoms with Crippen molar-refractivity contribution in [1.82, 2.24) is 10.3 Å². The van der Waals surface area contributed by atoms with Crippen LogP contribution in [0, 0.1) is 0 Å². The van der Waals surface area contributed by atoms with Gasteiger partial charge in [0.15, 0.2) is 9.84 Å². The van der Waals surface area contributed by atoms with Gasteiger partial charge in [-0.2, -0.15) is 0 Å². The molecule has 0 aliphatic carbocycles. The van der Waals surface area contributed by atoms with Crippen LogP contribution in [0.5, 0.6) is 5.88 Å². The van der Waals surface area contributed by atoms with Crippen LogP contribution in [0.4, 0.5) is 5.69 Å². The van der Waals surface area contributed by atoms with Crippen LogP contribution in [0.1, 0.15) is 6.42 Å². The minimum Gasteiger partial charge on any atom is -0.480 e. The van der Waals surface area contributed by atoms with Crippen molar-refractivity contribution in [2.45, 2.75) is 12.5 Å². The molecule has 0 radical (unpaired) electrons. The number of rotatable bonds is 4. The highest BCUT2D eigenvalue weighted by atomic mass is 32.2. The molecule has 1 saturated heterocycles. The highest BCUT2D eigenvalue weighted by Crippen LogP contribution is 2.20. The first-order valence-corrected chi connectivity index (χ1v) is 8.05. The molecule has 1 fully saturated rings. The molecule has 2 N–H and O–H groups in total. The van der Waals surface area contributed by atoms with Gasteiger partial charge >= 0.3 is 0 Å². The van der Waals surface area contributed by atoms with Crippen molar-refractivity contribution in [1.29, 1.82) is 0 Å². The number of hydrogen-bond donors (Lipinski definition) is 2. The summed E-state index contributed by atoms with van der Waals surface area (Å²) in [4.78, 5) is 15.9. The van der Waals surface area contributed by atoms with Crippen LogP contribution in [0.2, 0.25) is 0 Å². The zero-order valence-corrected chi connectivity index (χ0v) is 11.9. The maximum Gasteiger partial charge on any atom is 0.237 e. The molecule has 1 aliphatic heterocycles. The number of methoxy groups -OCH3 is 1. The fraction of sp³-hybridized carbons (Fsp3) is 0.500. The predicted octanol–water partition coefficient (Wildman–Crippen LogP) is -0.195. The van der Waals surface area contributed by atoms with E-state index in [0.717, 1.165) is 0 Å². The zero-order chi connectivity index (χ0) is 14.6. The maximum atomic E-state index is 11.9. The first-order valence-electron chi connectivity index (χ1n) is 6.23. The van der Waals surface area contributed by atoms with Crippen LogP contribution in [-0.2, 0) is 14.6 Å². The van der Waals surface area contributed by atoms with Gasteiger partial charge in [-0.3, -0.25) is 4.79 Å². The quantitative estimate of drug-likeness (QED) is 0.799. The number of nitrogens with one attached hydrogen (secondary N) is 2. The molecule has 110 valence electrons. The fourth-order valence-electron chi connectivity index (χ4n) is 2.07. The SMILES string of the molecule is COc1ncccc1NC(=O)CC1CS(=O)(=O)CCN1. The van der Waals surface area contributed by atoms with Crippen LogP contribution < -0.4 is 15.4 Å². The van der Waals surface area contributed by atoms with Gasteiger partial charge < -0.3 is 15.4 Å². The molecule has 1 aliphatic rings. The van der Waals surface area contributed by atoms with E-state index in [2.05, 4.69) is 15.6 Å². The molecule has 1 atom stereocenters. The molecule has 0 saturated carbocycles. The highest BCUT2D eigenvalue weighted by Gasteiger charge is 2.26. The largest absolute Gasteiger partial charge is 0.480 e. The second-order valence-corrected chi connectivity index (χ2v) is 6.81. The number of pyridine rings is 1. The molecule has 1 aromatic heterocycles. The van der Waals surface area contributed by atoms with Crippen molar-refractivity contribution in [3.05, 3.63) is 18.3 Å². The standard InChI is InChI=1S/C12H17N3O4S/c1-19-12-10(3-2-4-14-12)15-11(16)7-9-8-20(17,18)6-5-13-9/h2-4,9,13H,5-8H2,1H3,(H,15,16). The number of amides is 1. The summed E-state index contributed by atoms with van der Waals surface area (Å²) in [5.74, 6) is 0.169. The molecule has 2 rings (SSSR count). The maximum absolute atomic E-state index is 11.9. The summed E-state index contributed by atoms with van der Waals surface area (Å²) >= 11 is 0. The minimum absolute atomic E-state index is 0.00933. The van der Waals surface area contributed by atoms with E-state index in [0.29, 0.717) is 18.1 Å². The van der Waals surface area contributed by atoms with Crippen LogP contribution in [-0.4, -0.2) is 50.5 Å². The molecule has 7 nitrogen and oxygen atoms in total. The Bertz CT molecular complexity index is 588. The summed E-state index contributed by atoms with van der Waals surface area (Å²) < 4.78 is 28.0. The Labute approximate surface area is 117 Å². The number of ether oxygens (including phenoxy) is 1. The van der Waals surface area contributed by atoms with Gasteiger partial charge in [0, 0.05) is 25.2 Å². The normalized spacial score (nSPS) is 21.1. The van der Waals surface area contributed by atoms with E-state index in [1.54, 1.807) is 18.3 Å². The van der Waals surface area contributed by atoms with Crippen LogP contribution >= 0.6 is 0 Å². The molecule has 0 spiro atoms. The molecule has 0 aromatic carbocycles. The highest BCUT2D eigenvalue weighted by molar-refractivity contribution is 7.91. The van der Waals surface area contributed by atoms with E-state index < -0.39 is 9.84 Å². The molecule has 1 aromatic rings. The molecule has 8 heteroatoms. The van der Waals surface area contributed by atoms with Gasteiger partial charge in [0.05, 0.1) is 18.6 Å². The lowest BCUT2D eigenvalue weighted by Crippen LogP contribution is -2.46. The van der Waals surface area contributed by atoms with Crippen LogP contribution in [0.15, 0.2) is 18.3 Å². The third kappa shape index (κ3) is 3.91. The summed E-state index contributed by atoms with van der Waals surface area (Å²) in [6.45, 7) is 0.385. The third-order valence-electron chi connectivity index (χ3n) is 2.97. The Balaban J connectivity index is 1.95. The summed E-state index contributed by atoms with van der Waals surface area (Å²) in [5, 5.41) is 5.71. The van der Waals surface area contributed by atoms with Gasteiger partial charge in [0.2, 0.25) is 11.8 Å². The Morgan fingerprint density at radius 2 is 2.40 bits per heavy atom. The second-order valence-electron chi connectivity index (χ2n) is 4.58. The lowest BCUT2D eigenvalue weighted by molar-refractivity contribution is -0.116. The van der Waals surface area contributed by atoms with Gasteiger partial charge in [0.1, 0.15) is 5.69 Å². The van der Waals surface area contributed by atoms with Gasteiger partial charge in [-0.1, -0.05) is 0 Å². The van der Waals surface area contributed by atoms with Crippen molar-refractivity contribution in [3.63, 3.8) is 0 Å². The lowest BCUT2D eigenvalue weighted by atomic mass is 10.2. The van der Waals surface area contributed by atoms with Gasteiger partial charge in [-0.05, 0) is 12.1 Å². The smallest absolute Gasteiger partial charge is 0.237 e. The fourth-order valence-corrected chi connectivity index (χ4v) is 3.52. The van der Waals surface area contributed by atoms with E-state index in [-0.39, 0.29) is 29.9 Å². The number of carbonyl (C=O) groups is 1. The van der Waals surface area contributed by atoms with Gasteiger partial charge in [-0.15, -0.1) is 0 Å². The number of nitrogens with zero attached hydrogens (tertiary/aromatic N) is 1. The summed E-state index contributed by atoms with van der Waals surface area (Å²) in [6, 6.07) is 3.01. The first kappa shape index (κ1) is 14.7. The van der Waals surface area contributed by atoms with Crippen molar-refractivity contribution in [2.75, 3.05) is 30.5 Å². The summed E-state index contributed by atoms with van der Waals surface area (Å²) in [7, 11) is -1.58. The second kappa shape index (κ2) is 6.19. The van der Waals surface area contributed by atoms with Crippen LogP contribution in [0.25, 0.3) is 0 Å². The number of carbonyl (C=O) groups excluding carboxylic acids is 1. The number of hydrogen-bond acceptors (Lipinski definition) is 6. The van der Waals surface area contributed by atoms with Gasteiger partial charge in [0.25, 0.3) is 0 Å². The van der Waals surface area contributed by atoms with E-state index in [4.69, 9.17) is 4.74 Å². The molecular formula is C12H17N3O4S. The van der Waals surface area contributed by atoms with Gasteiger partial charge in [-0.25, -0.2) is 13.4 Å². The zero-order valence-electron chi connectivity index (χ0n) is 11.1. The topological polar surface area (TPSA) is 97.4 Å². The van der Waals surface area contributed by atoms with Crippen molar-refractivity contribution < 1.29 is 17.9 Å². The van der Waals surface area contributed by atoms with E-state index >= 15 is 0 Å². The van der Waals surface area contributed by atoms with E-state index in [1.807, 2.05) is 0 Å². The molecule has 0 bridgehead atoms. The third-order valence-corrected chi connectivity index (χ3v) is 4.71. The molecule has 2 heterocycles. The Hall–Kier alpha value is -1.67. The van der Waals surface area contributed by atoms with E-state index in [1.165, 1.54) is 7.11 Å². The van der Waals surface area contributed by atoms with Crippen LogP contribution in [0.3, 0.4) is 0 Å². The average molecular weight is 299 g/mol. The average Bonchev–Trinajstić information content (AvgIpc) is 2.38. The molecule has 20 heavy (non-hydrogen) atoms. The van der Waals surface area contributed by atoms with Crippen molar-refractivity contribution in [3.8, 4) is 5.88 Å². The summed E-state index contributed by atoms with van der Waals surface area (Å²) in [5.41, 5.74) is 0.471. The molecular weight excluding hydrogens is 282 g/mol. The Morgan fingerprint density at radius 3 is 3.10 bits per heavy atom. The summed E-state index contributed by atoms with van der Waals surface area (Å²) in [6.07, 6.45) is 1.65. The number of anilines is 1. The Kier molecular flexibility index (Phi) is 4.56. The minimum atomic E-state index is -3.04. The van der Waals surface area contributed by atoms with Crippen molar-refractivity contribution >= 4 is 21.4 Å². The monoisotopic (exact) mass is 299 g/mol. The van der Waals surface area contributed by atoms with Crippen molar-refractivity contribution in [2.24, 2.45) is 0 Å². The number of sulfone groups is 1. The Morgan fingerprint density at radius 1 is 1.60 bits per heavy atom. The number of aromatic nitrogens is 1. The predicted molar refractivity (Wildman–Crippen MR) is 74.5 cm³/mol. The molecule has 1 unspecified atom stereocenters. The molecule has 1 amide bonds. The lowest BCUT2D eigenvalue weighted by Gasteiger charge is -2.23. The first-order chi connectivity index (χ1) is 9.50.